The number of methoxy groups -OCH3 is 1. The highest BCUT2D eigenvalue weighted by atomic mass is 16.5. The number of hydrogen-bond donors (Lipinski definition) is 1. The van der Waals surface area contributed by atoms with Crippen LogP contribution in [0.4, 0.5) is 0 Å². The predicted octanol–water partition coefficient (Wildman–Crippen LogP) is 1.26. The Balaban J connectivity index is 2.43. The third-order valence-corrected chi connectivity index (χ3v) is 3.13. The number of likely N-dealkylation sites (tertiary alicyclic amines) is 1. The first-order valence-corrected chi connectivity index (χ1v) is 5.65. The summed E-state index contributed by atoms with van der Waals surface area (Å²) in [5.41, 5.74) is 0. The normalized spacial score (nSPS) is 29.4. The van der Waals surface area contributed by atoms with E-state index in [1.54, 1.807) is 7.11 Å². The molecule has 1 rings (SSSR count). The van der Waals surface area contributed by atoms with Crippen LogP contribution in [-0.4, -0.2) is 49.0 Å². The molecule has 0 aliphatic carbocycles. The monoisotopic (exact) mass is 201 g/mol. The van der Waals surface area contributed by atoms with Crippen LogP contribution in [0.1, 0.15) is 32.6 Å². The van der Waals surface area contributed by atoms with Gasteiger partial charge in [-0.15, -0.1) is 0 Å². The third-order valence-electron chi connectivity index (χ3n) is 3.13. The lowest BCUT2D eigenvalue weighted by Crippen LogP contribution is -2.47. The summed E-state index contributed by atoms with van der Waals surface area (Å²) >= 11 is 0. The lowest BCUT2D eigenvalue weighted by Gasteiger charge is -2.40. The molecule has 0 aromatic heterocycles. The van der Waals surface area contributed by atoms with Gasteiger partial charge in [-0.2, -0.15) is 0 Å². The first-order chi connectivity index (χ1) is 6.79. The zero-order valence-electron chi connectivity index (χ0n) is 9.41. The van der Waals surface area contributed by atoms with Gasteiger partial charge in [0.05, 0.1) is 6.61 Å². The SMILES string of the molecule is COCC1CCCC(C)N1CCCO. The number of piperidine rings is 1. The van der Waals surface area contributed by atoms with Crippen molar-refractivity contribution in [2.45, 2.75) is 44.7 Å². The van der Waals surface area contributed by atoms with E-state index in [1.807, 2.05) is 0 Å². The maximum absolute atomic E-state index is 8.84. The molecule has 1 fully saturated rings. The van der Waals surface area contributed by atoms with Gasteiger partial charge in [0, 0.05) is 32.3 Å². The fourth-order valence-electron chi connectivity index (χ4n) is 2.37. The summed E-state index contributed by atoms with van der Waals surface area (Å²) in [6.07, 6.45) is 4.71. The van der Waals surface area contributed by atoms with E-state index in [1.165, 1.54) is 19.3 Å². The second-order valence-electron chi connectivity index (χ2n) is 4.20. The molecule has 0 bridgehead atoms. The highest BCUT2D eigenvalue weighted by Gasteiger charge is 2.26. The van der Waals surface area contributed by atoms with Gasteiger partial charge in [-0.05, 0) is 26.2 Å². The van der Waals surface area contributed by atoms with E-state index < -0.39 is 0 Å². The van der Waals surface area contributed by atoms with Crippen LogP contribution >= 0.6 is 0 Å². The Labute approximate surface area is 87.1 Å². The van der Waals surface area contributed by atoms with Crippen LogP contribution in [0.25, 0.3) is 0 Å². The van der Waals surface area contributed by atoms with E-state index in [-0.39, 0.29) is 0 Å². The number of hydrogen-bond acceptors (Lipinski definition) is 3. The van der Waals surface area contributed by atoms with Crippen LogP contribution in [-0.2, 0) is 4.74 Å². The van der Waals surface area contributed by atoms with Crippen molar-refractivity contribution in [2.75, 3.05) is 26.9 Å². The molecule has 1 aliphatic heterocycles. The number of aliphatic hydroxyl groups excluding tert-OH is 1. The Kier molecular flexibility index (Phi) is 5.45. The summed E-state index contributed by atoms with van der Waals surface area (Å²) in [4.78, 5) is 2.49. The Bertz CT molecular complexity index is 150. The summed E-state index contributed by atoms with van der Waals surface area (Å²) < 4.78 is 5.24. The van der Waals surface area contributed by atoms with E-state index >= 15 is 0 Å². The molecule has 3 nitrogen and oxygen atoms in total. The molecule has 0 amide bonds. The molecular formula is C11H23NO2. The molecule has 1 saturated heterocycles. The Morgan fingerprint density at radius 3 is 2.86 bits per heavy atom. The summed E-state index contributed by atoms with van der Waals surface area (Å²) in [5.74, 6) is 0. The second kappa shape index (κ2) is 6.38. The zero-order chi connectivity index (χ0) is 10.4. The van der Waals surface area contributed by atoms with Crippen molar-refractivity contribution in [2.24, 2.45) is 0 Å². The smallest absolute Gasteiger partial charge is 0.0618 e. The first kappa shape index (κ1) is 12.0. The maximum Gasteiger partial charge on any atom is 0.0618 e. The minimum atomic E-state index is 0.295. The molecule has 1 N–H and O–H groups in total. The van der Waals surface area contributed by atoms with Crippen molar-refractivity contribution in [3.8, 4) is 0 Å². The first-order valence-electron chi connectivity index (χ1n) is 5.65. The molecule has 84 valence electrons. The van der Waals surface area contributed by atoms with Gasteiger partial charge in [-0.1, -0.05) is 6.42 Å². The van der Waals surface area contributed by atoms with E-state index in [2.05, 4.69) is 11.8 Å². The Morgan fingerprint density at radius 1 is 1.43 bits per heavy atom. The Morgan fingerprint density at radius 2 is 2.21 bits per heavy atom. The lowest BCUT2D eigenvalue weighted by molar-refractivity contribution is 0.0306. The number of ether oxygens (including phenoxy) is 1. The van der Waals surface area contributed by atoms with Crippen LogP contribution < -0.4 is 0 Å². The molecule has 14 heavy (non-hydrogen) atoms. The average Bonchev–Trinajstić information content (AvgIpc) is 2.18. The Hall–Kier alpha value is -0.120. The van der Waals surface area contributed by atoms with Crippen molar-refractivity contribution >= 4 is 0 Å². The molecular weight excluding hydrogens is 178 g/mol. The summed E-state index contributed by atoms with van der Waals surface area (Å²) in [6, 6.07) is 1.21. The summed E-state index contributed by atoms with van der Waals surface area (Å²) in [5, 5.41) is 8.84. The van der Waals surface area contributed by atoms with Gasteiger partial charge < -0.3 is 9.84 Å². The van der Waals surface area contributed by atoms with Gasteiger partial charge in [0.15, 0.2) is 0 Å². The molecule has 1 heterocycles. The van der Waals surface area contributed by atoms with E-state index in [0.717, 1.165) is 19.6 Å². The van der Waals surface area contributed by atoms with Gasteiger partial charge in [0.25, 0.3) is 0 Å². The minimum absolute atomic E-state index is 0.295. The fourth-order valence-corrected chi connectivity index (χ4v) is 2.37. The van der Waals surface area contributed by atoms with Gasteiger partial charge in [0.2, 0.25) is 0 Å². The minimum Gasteiger partial charge on any atom is -0.396 e. The van der Waals surface area contributed by atoms with Crippen molar-refractivity contribution in [3.05, 3.63) is 0 Å². The highest BCUT2D eigenvalue weighted by Crippen LogP contribution is 2.22. The highest BCUT2D eigenvalue weighted by molar-refractivity contribution is 4.81. The molecule has 0 saturated carbocycles. The zero-order valence-corrected chi connectivity index (χ0v) is 9.41. The molecule has 1 aliphatic rings. The molecule has 0 spiro atoms. The van der Waals surface area contributed by atoms with E-state index in [9.17, 15) is 0 Å². The molecule has 0 radical (unpaired) electrons. The fraction of sp³-hybridized carbons (Fsp3) is 1.00. The van der Waals surface area contributed by atoms with Crippen LogP contribution in [0.5, 0.6) is 0 Å². The van der Waals surface area contributed by atoms with Crippen molar-refractivity contribution in [1.29, 1.82) is 0 Å². The van der Waals surface area contributed by atoms with E-state index in [0.29, 0.717) is 18.7 Å². The van der Waals surface area contributed by atoms with Crippen molar-refractivity contribution in [3.63, 3.8) is 0 Å². The number of rotatable bonds is 5. The van der Waals surface area contributed by atoms with Crippen molar-refractivity contribution < 1.29 is 9.84 Å². The molecule has 2 atom stereocenters. The molecule has 0 aromatic carbocycles. The third kappa shape index (κ3) is 3.23. The largest absolute Gasteiger partial charge is 0.396 e. The number of aliphatic hydroxyl groups is 1. The average molecular weight is 201 g/mol. The quantitative estimate of drug-likeness (QED) is 0.727. The van der Waals surface area contributed by atoms with E-state index in [4.69, 9.17) is 9.84 Å². The molecule has 2 unspecified atom stereocenters. The molecule has 3 heteroatoms. The molecule has 0 aromatic rings. The maximum atomic E-state index is 8.84. The van der Waals surface area contributed by atoms with Crippen LogP contribution in [0.2, 0.25) is 0 Å². The van der Waals surface area contributed by atoms with Crippen molar-refractivity contribution in [1.82, 2.24) is 4.90 Å². The van der Waals surface area contributed by atoms with Crippen LogP contribution in [0, 0.1) is 0 Å². The standard InChI is InChI=1S/C11H23NO2/c1-10-5-3-6-11(9-14-2)12(10)7-4-8-13/h10-11,13H,3-9H2,1-2H3. The summed E-state index contributed by atoms with van der Waals surface area (Å²) in [7, 11) is 1.77. The second-order valence-corrected chi connectivity index (χ2v) is 4.20. The predicted molar refractivity (Wildman–Crippen MR) is 57.4 cm³/mol. The lowest BCUT2D eigenvalue weighted by atomic mass is 9.96. The van der Waals surface area contributed by atoms with Gasteiger partial charge in [0.1, 0.15) is 0 Å². The van der Waals surface area contributed by atoms with Gasteiger partial charge in [-0.3, -0.25) is 4.90 Å². The summed E-state index contributed by atoms with van der Waals surface area (Å²) in [6.45, 7) is 4.41. The van der Waals surface area contributed by atoms with Gasteiger partial charge in [-0.25, -0.2) is 0 Å². The van der Waals surface area contributed by atoms with Crippen LogP contribution in [0.3, 0.4) is 0 Å². The van der Waals surface area contributed by atoms with Crippen LogP contribution in [0.15, 0.2) is 0 Å². The topological polar surface area (TPSA) is 32.7 Å². The van der Waals surface area contributed by atoms with Gasteiger partial charge >= 0.3 is 0 Å². The number of nitrogens with zero attached hydrogens (tertiary/aromatic N) is 1.